The van der Waals surface area contributed by atoms with Crippen molar-refractivity contribution < 1.29 is 9.59 Å². The molecule has 1 aliphatic heterocycles. The molecule has 1 aromatic carbocycles. The Bertz CT molecular complexity index is 540. The maximum Gasteiger partial charge on any atom is 0.313 e. The average molecular weight is 345 g/mol. The minimum Gasteiger partial charge on any atom is -0.332 e. The molecule has 0 unspecified atom stereocenters. The lowest BCUT2D eigenvalue weighted by molar-refractivity contribution is -0.144. The van der Waals surface area contributed by atoms with Gasteiger partial charge < -0.3 is 16.0 Å². The smallest absolute Gasteiger partial charge is 0.313 e. The van der Waals surface area contributed by atoms with E-state index in [4.69, 9.17) is 28.9 Å². The van der Waals surface area contributed by atoms with Crippen molar-refractivity contribution in [2.24, 2.45) is 5.73 Å². The molecule has 0 aliphatic carbocycles. The highest BCUT2D eigenvalue weighted by Crippen LogP contribution is 2.29. The number of benzene rings is 1. The first kappa shape index (κ1) is 17.0. The minimum atomic E-state index is -0.734. The van der Waals surface area contributed by atoms with Crippen LogP contribution in [0.2, 0.25) is 10.0 Å². The fourth-order valence-electron chi connectivity index (χ4n) is 2.28. The monoisotopic (exact) mass is 344 g/mol. The molecule has 22 heavy (non-hydrogen) atoms. The summed E-state index contributed by atoms with van der Waals surface area (Å²) in [5.74, 6) is -1.31. The first-order valence-corrected chi connectivity index (χ1v) is 7.75. The van der Waals surface area contributed by atoms with Crippen molar-refractivity contribution in [1.29, 1.82) is 0 Å². The normalized spacial score (nSPS) is 15.7. The van der Waals surface area contributed by atoms with Crippen LogP contribution in [-0.4, -0.2) is 60.9 Å². The van der Waals surface area contributed by atoms with E-state index in [0.717, 1.165) is 6.54 Å². The molecule has 0 aromatic heterocycles. The van der Waals surface area contributed by atoms with Gasteiger partial charge in [-0.15, -0.1) is 0 Å². The van der Waals surface area contributed by atoms with Gasteiger partial charge in [0.15, 0.2) is 0 Å². The Morgan fingerprint density at radius 1 is 1.14 bits per heavy atom. The summed E-state index contributed by atoms with van der Waals surface area (Å²) in [6.45, 7) is 3.81. The van der Waals surface area contributed by atoms with Gasteiger partial charge in [-0.1, -0.05) is 29.3 Å². The van der Waals surface area contributed by atoms with Gasteiger partial charge in [0.2, 0.25) is 0 Å². The van der Waals surface area contributed by atoms with Crippen molar-refractivity contribution in [2.75, 3.05) is 44.6 Å². The summed E-state index contributed by atoms with van der Waals surface area (Å²) in [5, 5.41) is 3.07. The van der Waals surface area contributed by atoms with Gasteiger partial charge in [0.1, 0.15) is 0 Å². The van der Waals surface area contributed by atoms with Gasteiger partial charge in [-0.25, -0.2) is 0 Å². The van der Waals surface area contributed by atoms with E-state index in [9.17, 15) is 9.59 Å². The number of hydrogen-bond donors (Lipinski definition) is 2. The van der Waals surface area contributed by atoms with E-state index >= 15 is 0 Å². The maximum atomic E-state index is 12.2. The quantitative estimate of drug-likeness (QED) is 0.803. The van der Waals surface area contributed by atoms with Gasteiger partial charge >= 0.3 is 11.8 Å². The number of para-hydroxylation sites is 1. The van der Waals surface area contributed by atoms with Crippen LogP contribution in [0.15, 0.2) is 18.2 Å². The van der Waals surface area contributed by atoms with Crippen LogP contribution in [0.4, 0.5) is 5.69 Å². The third-order valence-corrected chi connectivity index (χ3v) is 4.13. The minimum absolute atomic E-state index is 0.256. The third-order valence-electron chi connectivity index (χ3n) is 3.50. The van der Waals surface area contributed by atoms with Crippen molar-refractivity contribution >= 4 is 40.7 Å². The molecule has 0 bridgehead atoms. The molecule has 120 valence electrons. The SMILES string of the molecule is NCCN1CCN(C(=O)C(=O)Nc2c(Cl)cccc2Cl)CC1. The molecule has 2 rings (SSSR count). The zero-order valence-electron chi connectivity index (χ0n) is 12.0. The number of amides is 2. The number of hydrogen-bond acceptors (Lipinski definition) is 4. The predicted molar refractivity (Wildman–Crippen MR) is 87.2 cm³/mol. The summed E-state index contributed by atoms with van der Waals surface area (Å²) in [6, 6.07) is 4.86. The van der Waals surface area contributed by atoms with Crippen LogP contribution in [0.5, 0.6) is 0 Å². The van der Waals surface area contributed by atoms with Crippen LogP contribution >= 0.6 is 23.2 Å². The number of carbonyl (C=O) groups is 2. The van der Waals surface area contributed by atoms with E-state index < -0.39 is 11.8 Å². The molecule has 0 spiro atoms. The molecule has 1 heterocycles. The largest absolute Gasteiger partial charge is 0.332 e. The zero-order chi connectivity index (χ0) is 16.1. The topological polar surface area (TPSA) is 78.7 Å². The van der Waals surface area contributed by atoms with Crippen LogP contribution in [0.3, 0.4) is 0 Å². The molecule has 8 heteroatoms. The number of carbonyl (C=O) groups excluding carboxylic acids is 2. The van der Waals surface area contributed by atoms with E-state index in [0.29, 0.717) is 42.8 Å². The number of anilines is 1. The Balaban J connectivity index is 1.94. The molecule has 6 nitrogen and oxygen atoms in total. The number of rotatable bonds is 3. The fraction of sp³-hybridized carbons (Fsp3) is 0.429. The van der Waals surface area contributed by atoms with Crippen LogP contribution in [0.25, 0.3) is 0 Å². The zero-order valence-corrected chi connectivity index (χ0v) is 13.5. The number of nitrogens with two attached hydrogens (primary N) is 1. The number of nitrogens with one attached hydrogen (secondary N) is 1. The highest BCUT2D eigenvalue weighted by atomic mass is 35.5. The van der Waals surface area contributed by atoms with E-state index in [1.165, 1.54) is 4.90 Å². The van der Waals surface area contributed by atoms with E-state index in [1.807, 2.05) is 0 Å². The Morgan fingerprint density at radius 2 is 1.73 bits per heavy atom. The van der Waals surface area contributed by atoms with Crippen molar-refractivity contribution in [3.05, 3.63) is 28.2 Å². The lowest BCUT2D eigenvalue weighted by atomic mass is 10.3. The molecule has 0 atom stereocenters. The Kier molecular flexibility index (Phi) is 6.02. The van der Waals surface area contributed by atoms with Gasteiger partial charge in [-0.2, -0.15) is 0 Å². The highest BCUT2D eigenvalue weighted by molar-refractivity contribution is 6.44. The summed E-state index contributed by atoms with van der Waals surface area (Å²) in [5.41, 5.74) is 5.76. The second kappa shape index (κ2) is 7.78. The van der Waals surface area contributed by atoms with E-state index in [1.54, 1.807) is 18.2 Å². The van der Waals surface area contributed by atoms with Crippen molar-refractivity contribution in [3.8, 4) is 0 Å². The molecule has 1 aromatic rings. The summed E-state index contributed by atoms with van der Waals surface area (Å²) >= 11 is 12.0. The molecule has 3 N–H and O–H groups in total. The highest BCUT2D eigenvalue weighted by Gasteiger charge is 2.26. The van der Waals surface area contributed by atoms with E-state index in [2.05, 4.69) is 10.2 Å². The molecule has 1 fully saturated rings. The van der Waals surface area contributed by atoms with Gasteiger partial charge in [0.25, 0.3) is 0 Å². The van der Waals surface area contributed by atoms with Gasteiger partial charge in [-0.3, -0.25) is 14.5 Å². The summed E-state index contributed by atoms with van der Waals surface area (Å²) in [6.07, 6.45) is 0. The second-order valence-corrected chi connectivity index (χ2v) is 5.79. The lowest BCUT2D eigenvalue weighted by Gasteiger charge is -2.34. The molecule has 0 saturated carbocycles. The Morgan fingerprint density at radius 3 is 2.27 bits per heavy atom. The van der Waals surface area contributed by atoms with Crippen LogP contribution < -0.4 is 11.1 Å². The first-order valence-electron chi connectivity index (χ1n) is 6.99. The average Bonchev–Trinajstić information content (AvgIpc) is 2.51. The van der Waals surface area contributed by atoms with Crippen molar-refractivity contribution in [3.63, 3.8) is 0 Å². The molecule has 0 radical (unpaired) electrons. The summed E-state index contributed by atoms with van der Waals surface area (Å²) in [4.78, 5) is 27.9. The number of halogens is 2. The predicted octanol–water partition coefficient (Wildman–Crippen LogP) is 1.03. The van der Waals surface area contributed by atoms with Crippen molar-refractivity contribution in [1.82, 2.24) is 9.80 Å². The maximum absolute atomic E-state index is 12.2. The molecule has 1 aliphatic rings. The second-order valence-electron chi connectivity index (χ2n) is 4.97. The van der Waals surface area contributed by atoms with E-state index in [-0.39, 0.29) is 5.69 Å². The van der Waals surface area contributed by atoms with Crippen LogP contribution in [-0.2, 0) is 9.59 Å². The van der Waals surface area contributed by atoms with Gasteiger partial charge in [0.05, 0.1) is 15.7 Å². The van der Waals surface area contributed by atoms with Gasteiger partial charge in [0, 0.05) is 39.3 Å². The number of piperazine rings is 1. The lowest BCUT2D eigenvalue weighted by Crippen LogP contribution is -2.52. The summed E-state index contributed by atoms with van der Waals surface area (Å²) in [7, 11) is 0. The molecular weight excluding hydrogens is 327 g/mol. The first-order chi connectivity index (χ1) is 10.5. The molecule has 2 amide bonds. The molecule has 1 saturated heterocycles. The Labute approximate surface area is 139 Å². The van der Waals surface area contributed by atoms with Crippen molar-refractivity contribution in [2.45, 2.75) is 0 Å². The van der Waals surface area contributed by atoms with Crippen LogP contribution in [0, 0.1) is 0 Å². The number of nitrogens with zero attached hydrogens (tertiary/aromatic N) is 2. The Hall–Kier alpha value is -1.34. The standard InChI is InChI=1S/C14H18Cl2N4O2/c15-10-2-1-3-11(16)12(10)18-13(21)14(22)20-8-6-19(5-4-17)7-9-20/h1-3H,4-9,17H2,(H,18,21). The van der Waals surface area contributed by atoms with Gasteiger partial charge in [-0.05, 0) is 12.1 Å². The fourth-order valence-corrected chi connectivity index (χ4v) is 2.78. The molecular formula is C14H18Cl2N4O2. The van der Waals surface area contributed by atoms with Crippen LogP contribution in [0.1, 0.15) is 0 Å². The third kappa shape index (κ3) is 4.10. The summed E-state index contributed by atoms with van der Waals surface area (Å²) < 4.78 is 0.